The van der Waals surface area contributed by atoms with Crippen LogP contribution in [-0.4, -0.2) is 68.5 Å². The molecule has 5 nitrogen and oxygen atoms in total. The standard InChI is InChI=1S/C19H27F3N4O/c1-3-14-12-16(23)18(27-19(20,21)22)13-17(14)26-6-4-15(5-7-26)25-10-8-24(2)9-11-25/h3,12-13,15H,1,4-11,23H2,2H3. The number of anilines is 2. The number of hydrogen-bond acceptors (Lipinski definition) is 5. The highest BCUT2D eigenvalue weighted by Crippen LogP contribution is 2.37. The minimum absolute atomic E-state index is 0.0432. The molecule has 2 heterocycles. The van der Waals surface area contributed by atoms with Crippen molar-refractivity contribution in [3.05, 3.63) is 24.3 Å². The highest BCUT2D eigenvalue weighted by atomic mass is 19.4. The summed E-state index contributed by atoms with van der Waals surface area (Å²) in [6, 6.07) is 3.41. The molecule has 2 aliphatic rings. The second-order valence-corrected chi connectivity index (χ2v) is 7.26. The van der Waals surface area contributed by atoms with E-state index in [0.717, 1.165) is 57.7 Å². The largest absolute Gasteiger partial charge is 0.573 e. The molecule has 0 saturated carbocycles. The lowest BCUT2D eigenvalue weighted by Crippen LogP contribution is -2.52. The summed E-state index contributed by atoms with van der Waals surface area (Å²) in [5, 5.41) is 0. The molecule has 0 bridgehead atoms. The molecular weight excluding hydrogens is 357 g/mol. The van der Waals surface area contributed by atoms with Gasteiger partial charge in [0.2, 0.25) is 0 Å². The predicted octanol–water partition coefficient (Wildman–Crippen LogP) is 3.03. The lowest BCUT2D eigenvalue weighted by molar-refractivity contribution is -0.274. The summed E-state index contributed by atoms with van der Waals surface area (Å²) in [6.07, 6.45) is -1.18. The Morgan fingerprint density at radius 3 is 2.30 bits per heavy atom. The van der Waals surface area contributed by atoms with E-state index >= 15 is 0 Å². The van der Waals surface area contributed by atoms with E-state index in [4.69, 9.17) is 5.73 Å². The molecule has 0 spiro atoms. The molecule has 1 aromatic rings. The summed E-state index contributed by atoms with van der Waals surface area (Å²) < 4.78 is 42.0. The van der Waals surface area contributed by atoms with Crippen LogP contribution in [0.1, 0.15) is 18.4 Å². The van der Waals surface area contributed by atoms with Crippen molar-refractivity contribution in [1.29, 1.82) is 0 Å². The van der Waals surface area contributed by atoms with Gasteiger partial charge < -0.3 is 20.3 Å². The molecule has 0 radical (unpaired) electrons. The fourth-order valence-electron chi connectivity index (χ4n) is 3.91. The van der Waals surface area contributed by atoms with E-state index in [1.807, 2.05) is 0 Å². The number of nitrogens with zero attached hydrogens (tertiary/aromatic N) is 3. The summed E-state index contributed by atoms with van der Waals surface area (Å²) in [7, 11) is 2.14. The fraction of sp³-hybridized carbons (Fsp3) is 0.579. The Hall–Kier alpha value is -1.93. The number of rotatable bonds is 4. The van der Waals surface area contributed by atoms with Gasteiger partial charge in [-0.15, -0.1) is 13.2 Å². The monoisotopic (exact) mass is 384 g/mol. The molecule has 0 aromatic heterocycles. The lowest BCUT2D eigenvalue weighted by Gasteiger charge is -2.43. The van der Waals surface area contributed by atoms with Gasteiger partial charge in [-0.3, -0.25) is 4.90 Å². The van der Waals surface area contributed by atoms with E-state index in [1.54, 1.807) is 6.08 Å². The average molecular weight is 384 g/mol. The van der Waals surface area contributed by atoms with E-state index in [1.165, 1.54) is 12.1 Å². The molecule has 150 valence electrons. The maximum Gasteiger partial charge on any atom is 0.573 e. The zero-order valence-electron chi connectivity index (χ0n) is 15.6. The Morgan fingerprint density at radius 2 is 1.74 bits per heavy atom. The van der Waals surface area contributed by atoms with Crippen LogP contribution in [0.4, 0.5) is 24.5 Å². The van der Waals surface area contributed by atoms with Crippen LogP contribution in [0.3, 0.4) is 0 Å². The first-order chi connectivity index (χ1) is 12.8. The van der Waals surface area contributed by atoms with Crippen LogP contribution in [-0.2, 0) is 0 Å². The highest BCUT2D eigenvalue weighted by Gasteiger charge is 2.33. The first kappa shape index (κ1) is 19.8. The molecule has 0 amide bonds. The second kappa shape index (κ2) is 7.98. The number of halogens is 3. The molecule has 0 unspecified atom stereocenters. The van der Waals surface area contributed by atoms with Crippen LogP contribution < -0.4 is 15.4 Å². The number of piperazine rings is 1. The minimum atomic E-state index is -4.77. The van der Waals surface area contributed by atoms with Crippen molar-refractivity contribution in [2.45, 2.75) is 25.2 Å². The Labute approximate surface area is 158 Å². The average Bonchev–Trinajstić information content (AvgIpc) is 2.63. The highest BCUT2D eigenvalue weighted by molar-refractivity contribution is 5.75. The van der Waals surface area contributed by atoms with Crippen molar-refractivity contribution in [3.8, 4) is 5.75 Å². The Bertz CT molecular complexity index is 664. The topological polar surface area (TPSA) is 45.0 Å². The van der Waals surface area contributed by atoms with Gasteiger partial charge in [-0.2, -0.15) is 0 Å². The van der Waals surface area contributed by atoms with E-state index < -0.39 is 6.36 Å². The molecule has 1 aromatic carbocycles. The number of benzene rings is 1. The van der Waals surface area contributed by atoms with E-state index in [-0.39, 0.29) is 11.4 Å². The Balaban J connectivity index is 1.71. The maximum absolute atomic E-state index is 12.6. The van der Waals surface area contributed by atoms with Crippen molar-refractivity contribution in [3.63, 3.8) is 0 Å². The smallest absolute Gasteiger partial charge is 0.404 e. The van der Waals surface area contributed by atoms with E-state index in [0.29, 0.717) is 11.7 Å². The maximum atomic E-state index is 12.6. The summed E-state index contributed by atoms with van der Waals surface area (Å²) in [5.74, 6) is -0.357. The summed E-state index contributed by atoms with van der Waals surface area (Å²) in [6.45, 7) is 9.65. The minimum Gasteiger partial charge on any atom is -0.404 e. The van der Waals surface area contributed by atoms with Crippen LogP contribution >= 0.6 is 0 Å². The molecule has 27 heavy (non-hydrogen) atoms. The SMILES string of the molecule is C=Cc1cc(N)c(OC(F)(F)F)cc1N1CCC(N2CCN(C)CC2)CC1. The van der Waals surface area contributed by atoms with Crippen LogP contribution in [0.2, 0.25) is 0 Å². The molecule has 8 heteroatoms. The van der Waals surface area contributed by atoms with Crippen LogP contribution in [0.25, 0.3) is 6.08 Å². The van der Waals surface area contributed by atoms with Gasteiger partial charge in [0.05, 0.1) is 5.69 Å². The van der Waals surface area contributed by atoms with Gasteiger partial charge in [0, 0.05) is 57.1 Å². The molecule has 2 saturated heterocycles. The third-order valence-electron chi connectivity index (χ3n) is 5.46. The van der Waals surface area contributed by atoms with Crippen molar-refractivity contribution in [2.24, 2.45) is 0 Å². The molecule has 0 atom stereocenters. The zero-order chi connectivity index (χ0) is 19.6. The van der Waals surface area contributed by atoms with Crippen LogP contribution in [0.15, 0.2) is 18.7 Å². The molecule has 2 N–H and O–H groups in total. The van der Waals surface area contributed by atoms with Crippen LogP contribution in [0.5, 0.6) is 5.75 Å². The molecule has 3 rings (SSSR count). The van der Waals surface area contributed by atoms with E-state index in [2.05, 4.69) is 33.1 Å². The zero-order valence-corrected chi connectivity index (χ0v) is 15.6. The van der Waals surface area contributed by atoms with Crippen molar-refractivity contribution in [1.82, 2.24) is 9.80 Å². The van der Waals surface area contributed by atoms with Gasteiger partial charge in [0.1, 0.15) is 0 Å². The molecule has 0 aliphatic carbocycles. The number of likely N-dealkylation sites (N-methyl/N-ethyl adjacent to an activating group) is 1. The molecule has 2 fully saturated rings. The van der Waals surface area contributed by atoms with Crippen LogP contribution in [0, 0.1) is 0 Å². The van der Waals surface area contributed by atoms with Gasteiger partial charge in [-0.05, 0) is 31.5 Å². The number of nitrogens with two attached hydrogens (primary N) is 1. The fourth-order valence-corrected chi connectivity index (χ4v) is 3.91. The Kier molecular flexibility index (Phi) is 5.86. The number of nitrogen functional groups attached to an aromatic ring is 1. The number of alkyl halides is 3. The van der Waals surface area contributed by atoms with Gasteiger partial charge in [0.15, 0.2) is 5.75 Å². The first-order valence-corrected chi connectivity index (χ1v) is 9.26. The molecule has 2 aliphatic heterocycles. The lowest BCUT2D eigenvalue weighted by atomic mass is 10.00. The summed E-state index contributed by atoms with van der Waals surface area (Å²) >= 11 is 0. The van der Waals surface area contributed by atoms with Gasteiger partial charge in [-0.25, -0.2) is 0 Å². The number of hydrogen-bond donors (Lipinski definition) is 1. The summed E-state index contributed by atoms with van der Waals surface area (Å²) in [5.41, 5.74) is 7.10. The summed E-state index contributed by atoms with van der Waals surface area (Å²) in [4.78, 5) is 6.97. The van der Waals surface area contributed by atoms with Gasteiger partial charge in [-0.1, -0.05) is 12.7 Å². The van der Waals surface area contributed by atoms with Crippen molar-refractivity contribution in [2.75, 3.05) is 56.9 Å². The van der Waals surface area contributed by atoms with Crippen molar-refractivity contribution >= 4 is 17.5 Å². The van der Waals surface area contributed by atoms with Gasteiger partial charge >= 0.3 is 6.36 Å². The van der Waals surface area contributed by atoms with Gasteiger partial charge in [0.25, 0.3) is 0 Å². The number of piperidine rings is 1. The first-order valence-electron chi connectivity index (χ1n) is 9.26. The molecular formula is C19H27F3N4O. The third kappa shape index (κ3) is 4.87. The normalized spacial score (nSPS) is 20.7. The quantitative estimate of drug-likeness (QED) is 0.809. The predicted molar refractivity (Wildman–Crippen MR) is 102 cm³/mol. The Morgan fingerprint density at radius 1 is 1.11 bits per heavy atom. The van der Waals surface area contributed by atoms with E-state index in [9.17, 15) is 13.2 Å². The third-order valence-corrected chi connectivity index (χ3v) is 5.46. The number of ether oxygens (including phenoxy) is 1. The van der Waals surface area contributed by atoms with Crippen molar-refractivity contribution < 1.29 is 17.9 Å². The second-order valence-electron chi connectivity index (χ2n) is 7.26.